The van der Waals surface area contributed by atoms with Crippen LogP contribution in [0.15, 0.2) is 126 Å². The van der Waals surface area contributed by atoms with Crippen LogP contribution >= 0.6 is 0 Å². The number of hydrogen-bond acceptors (Lipinski definition) is 3. The second-order valence-corrected chi connectivity index (χ2v) is 8.57. The number of aromatic nitrogens is 1. The molecule has 172 valence electrons. The average Bonchev–Trinajstić information content (AvgIpc) is 2.93. The zero-order valence-electron chi connectivity index (χ0n) is 19.2. The topological polar surface area (TPSA) is 65.1 Å². The second kappa shape index (κ2) is 8.64. The molecular formula is C31H20N2O3. The van der Waals surface area contributed by atoms with E-state index < -0.39 is 4.92 Å². The van der Waals surface area contributed by atoms with Gasteiger partial charge in [-0.2, -0.15) is 0 Å². The van der Waals surface area contributed by atoms with Crippen molar-refractivity contribution in [2.75, 3.05) is 0 Å². The van der Waals surface area contributed by atoms with Gasteiger partial charge in [-0.15, -0.1) is 0 Å². The predicted octanol–water partition coefficient (Wildman–Crippen LogP) is 7.39. The zero-order chi connectivity index (χ0) is 24.6. The minimum absolute atomic E-state index is 0.0184. The van der Waals surface area contributed by atoms with Crippen LogP contribution in [0.2, 0.25) is 0 Å². The lowest BCUT2D eigenvalue weighted by atomic mass is 9.95. The van der Waals surface area contributed by atoms with Crippen LogP contribution in [0.3, 0.4) is 0 Å². The number of non-ortho nitro benzene ring substituents is 1. The van der Waals surface area contributed by atoms with Crippen molar-refractivity contribution < 1.29 is 4.92 Å². The summed E-state index contributed by atoms with van der Waals surface area (Å²) in [4.78, 5) is 24.9. The Bertz CT molecular complexity index is 1820. The first kappa shape index (κ1) is 21.5. The van der Waals surface area contributed by atoms with Crippen LogP contribution in [-0.4, -0.2) is 9.49 Å². The maximum absolute atomic E-state index is 14.0. The van der Waals surface area contributed by atoms with Gasteiger partial charge in [0.15, 0.2) is 5.43 Å². The van der Waals surface area contributed by atoms with Gasteiger partial charge in [0.25, 0.3) is 5.69 Å². The Morgan fingerprint density at radius 2 is 1.25 bits per heavy atom. The number of nitro benzene ring substituents is 1. The molecule has 0 fully saturated rings. The first-order valence-electron chi connectivity index (χ1n) is 11.6. The summed E-state index contributed by atoms with van der Waals surface area (Å²) >= 11 is 0. The van der Waals surface area contributed by atoms with Crippen LogP contribution in [0.5, 0.6) is 0 Å². The Balaban J connectivity index is 1.83. The predicted molar refractivity (Wildman–Crippen MR) is 145 cm³/mol. The molecule has 0 unspecified atom stereocenters. The molecule has 0 amide bonds. The largest absolute Gasteiger partial charge is 0.308 e. The number of pyridine rings is 1. The lowest BCUT2D eigenvalue weighted by Gasteiger charge is -2.22. The van der Waals surface area contributed by atoms with Crippen molar-refractivity contribution >= 4 is 27.4 Å². The van der Waals surface area contributed by atoms with Gasteiger partial charge in [0.05, 0.1) is 27.4 Å². The molecular weight excluding hydrogens is 448 g/mol. The van der Waals surface area contributed by atoms with Crippen molar-refractivity contribution in [1.29, 1.82) is 0 Å². The smallest absolute Gasteiger partial charge is 0.269 e. The summed E-state index contributed by atoms with van der Waals surface area (Å²) in [6.07, 6.45) is 0. The van der Waals surface area contributed by atoms with E-state index in [-0.39, 0.29) is 11.1 Å². The van der Waals surface area contributed by atoms with Gasteiger partial charge < -0.3 is 4.57 Å². The molecule has 0 atom stereocenters. The van der Waals surface area contributed by atoms with Crippen molar-refractivity contribution in [3.05, 3.63) is 142 Å². The number of hydrogen-bond donors (Lipinski definition) is 0. The van der Waals surface area contributed by atoms with E-state index in [9.17, 15) is 14.9 Å². The van der Waals surface area contributed by atoms with E-state index in [2.05, 4.69) is 28.8 Å². The van der Waals surface area contributed by atoms with Gasteiger partial charge in [0, 0.05) is 22.9 Å². The summed E-state index contributed by atoms with van der Waals surface area (Å²) in [6, 6.07) is 37.9. The van der Waals surface area contributed by atoms with E-state index in [1.54, 1.807) is 12.1 Å². The highest BCUT2D eigenvalue weighted by Crippen LogP contribution is 2.37. The van der Waals surface area contributed by atoms with Crippen LogP contribution in [-0.2, 0) is 0 Å². The molecule has 36 heavy (non-hydrogen) atoms. The highest BCUT2D eigenvalue weighted by Gasteiger charge is 2.22. The quantitative estimate of drug-likeness (QED) is 0.200. The SMILES string of the molecule is O=c1c(-c2ccc([N+](=O)[O-])cc2)c(-c2ccccc2)n(-c2cccc3ccccc23)c2ccccc12. The number of benzene rings is 5. The van der Waals surface area contributed by atoms with Crippen molar-refractivity contribution in [1.82, 2.24) is 4.57 Å². The number of rotatable bonds is 4. The molecule has 0 N–H and O–H groups in total. The minimum atomic E-state index is -0.434. The molecule has 1 heterocycles. The summed E-state index contributed by atoms with van der Waals surface area (Å²) in [5.41, 5.74) is 4.36. The molecule has 0 aliphatic rings. The summed E-state index contributed by atoms with van der Waals surface area (Å²) < 4.78 is 2.14. The van der Waals surface area contributed by atoms with Gasteiger partial charge >= 0.3 is 0 Å². The van der Waals surface area contributed by atoms with Gasteiger partial charge in [0.1, 0.15) is 0 Å². The second-order valence-electron chi connectivity index (χ2n) is 8.57. The van der Waals surface area contributed by atoms with Crippen molar-refractivity contribution in [2.24, 2.45) is 0 Å². The third-order valence-corrected chi connectivity index (χ3v) is 6.50. The Hall–Kier alpha value is -5.03. The number of nitrogens with zero attached hydrogens (tertiary/aromatic N) is 2. The van der Waals surface area contributed by atoms with Crippen LogP contribution in [0.1, 0.15) is 0 Å². The van der Waals surface area contributed by atoms with E-state index >= 15 is 0 Å². The molecule has 0 aliphatic carbocycles. The van der Waals surface area contributed by atoms with Crippen molar-refractivity contribution in [3.63, 3.8) is 0 Å². The molecule has 6 rings (SSSR count). The van der Waals surface area contributed by atoms with Crippen LogP contribution < -0.4 is 5.43 Å². The van der Waals surface area contributed by atoms with Crippen LogP contribution in [0.4, 0.5) is 5.69 Å². The summed E-state index contributed by atoms with van der Waals surface area (Å²) in [5, 5.41) is 14.0. The number of nitro groups is 1. The fourth-order valence-corrected chi connectivity index (χ4v) is 4.88. The summed E-state index contributed by atoms with van der Waals surface area (Å²) in [5.74, 6) is 0. The third kappa shape index (κ3) is 3.46. The normalized spacial score (nSPS) is 11.1. The molecule has 0 saturated heterocycles. The van der Waals surface area contributed by atoms with Gasteiger partial charge in [-0.1, -0.05) is 78.9 Å². The van der Waals surface area contributed by atoms with Gasteiger partial charge in [0.2, 0.25) is 0 Å². The molecule has 0 saturated carbocycles. The molecule has 0 radical (unpaired) electrons. The van der Waals surface area contributed by atoms with E-state index in [1.807, 2.05) is 72.8 Å². The molecule has 0 bridgehead atoms. The molecule has 5 aromatic carbocycles. The highest BCUT2D eigenvalue weighted by atomic mass is 16.6. The van der Waals surface area contributed by atoms with Gasteiger partial charge in [-0.05, 0) is 46.8 Å². The number of para-hydroxylation sites is 1. The molecule has 5 heteroatoms. The van der Waals surface area contributed by atoms with E-state index in [0.29, 0.717) is 16.5 Å². The average molecular weight is 469 g/mol. The first-order valence-corrected chi connectivity index (χ1v) is 11.6. The van der Waals surface area contributed by atoms with E-state index in [0.717, 1.165) is 33.2 Å². The monoisotopic (exact) mass is 468 g/mol. The number of fused-ring (bicyclic) bond motifs is 2. The molecule has 1 aromatic heterocycles. The Morgan fingerprint density at radius 1 is 0.611 bits per heavy atom. The fraction of sp³-hybridized carbons (Fsp3) is 0. The molecule has 0 spiro atoms. The Morgan fingerprint density at radius 3 is 2.00 bits per heavy atom. The highest BCUT2D eigenvalue weighted by molar-refractivity contribution is 5.98. The molecule has 6 aromatic rings. The summed E-state index contributed by atoms with van der Waals surface area (Å²) in [6.45, 7) is 0. The lowest BCUT2D eigenvalue weighted by Crippen LogP contribution is -2.15. The Kier molecular flexibility index (Phi) is 5.16. The Labute approximate surface area is 206 Å². The minimum Gasteiger partial charge on any atom is -0.308 e. The van der Waals surface area contributed by atoms with Crippen molar-refractivity contribution in [2.45, 2.75) is 0 Å². The van der Waals surface area contributed by atoms with Crippen molar-refractivity contribution in [3.8, 4) is 28.1 Å². The molecule has 0 aliphatic heterocycles. The van der Waals surface area contributed by atoms with Crippen LogP contribution in [0.25, 0.3) is 49.7 Å². The fourth-order valence-electron chi connectivity index (χ4n) is 4.88. The summed E-state index contributed by atoms with van der Waals surface area (Å²) in [7, 11) is 0. The maximum atomic E-state index is 14.0. The van der Waals surface area contributed by atoms with Crippen LogP contribution in [0, 0.1) is 10.1 Å². The van der Waals surface area contributed by atoms with Gasteiger partial charge in [-0.25, -0.2) is 0 Å². The maximum Gasteiger partial charge on any atom is 0.269 e. The third-order valence-electron chi connectivity index (χ3n) is 6.50. The molecule has 5 nitrogen and oxygen atoms in total. The first-order chi connectivity index (χ1) is 17.6. The van der Waals surface area contributed by atoms with E-state index in [4.69, 9.17) is 0 Å². The van der Waals surface area contributed by atoms with Gasteiger partial charge in [-0.3, -0.25) is 14.9 Å². The zero-order valence-corrected chi connectivity index (χ0v) is 19.2. The standard InChI is InChI=1S/C31H20N2O3/c34-31-26-14-6-7-15-28(26)32(27-16-8-12-21-9-4-5-13-25(21)27)30(23-10-2-1-3-11-23)29(31)22-17-19-24(20-18-22)33(35)36/h1-20H. The lowest BCUT2D eigenvalue weighted by molar-refractivity contribution is -0.384. The van der Waals surface area contributed by atoms with E-state index in [1.165, 1.54) is 12.1 Å².